The molecule has 3 rings (SSSR count). The van der Waals surface area contributed by atoms with Crippen molar-refractivity contribution in [1.82, 2.24) is 4.90 Å². The Morgan fingerprint density at radius 1 is 1.04 bits per heavy atom. The lowest BCUT2D eigenvalue weighted by Crippen LogP contribution is -2.49. The van der Waals surface area contributed by atoms with Gasteiger partial charge in [-0.1, -0.05) is 56.6 Å². The van der Waals surface area contributed by atoms with E-state index in [1.807, 2.05) is 29.2 Å². The molecule has 0 radical (unpaired) electrons. The van der Waals surface area contributed by atoms with Gasteiger partial charge in [-0.3, -0.25) is 4.79 Å². The van der Waals surface area contributed by atoms with E-state index < -0.39 is 0 Å². The standard InChI is InChI=1S/C23H30ClN3O/c1-23(2,3)20-9-4-5-10-21(20)25-12-11-22(28)27-15-13-26(14-16-27)19-8-6-7-18(24)17-19/h4-10,17,25H,11-16H2,1-3H3. The van der Waals surface area contributed by atoms with E-state index in [1.54, 1.807) is 0 Å². The van der Waals surface area contributed by atoms with Gasteiger partial charge >= 0.3 is 0 Å². The minimum atomic E-state index is 0.0737. The molecule has 0 atom stereocenters. The summed E-state index contributed by atoms with van der Waals surface area (Å²) in [6, 6.07) is 16.3. The zero-order valence-electron chi connectivity index (χ0n) is 17.0. The van der Waals surface area contributed by atoms with Gasteiger partial charge in [0, 0.05) is 55.5 Å². The Labute approximate surface area is 173 Å². The maximum absolute atomic E-state index is 12.6. The molecule has 0 spiro atoms. The quantitative estimate of drug-likeness (QED) is 0.785. The van der Waals surface area contributed by atoms with Crippen LogP contribution in [0.25, 0.3) is 0 Å². The van der Waals surface area contributed by atoms with Gasteiger partial charge in [-0.15, -0.1) is 0 Å². The maximum atomic E-state index is 12.6. The lowest BCUT2D eigenvalue weighted by molar-refractivity contribution is -0.131. The van der Waals surface area contributed by atoms with Crippen LogP contribution >= 0.6 is 11.6 Å². The second-order valence-electron chi connectivity index (χ2n) is 8.32. The van der Waals surface area contributed by atoms with Crippen molar-refractivity contribution in [1.29, 1.82) is 0 Å². The number of rotatable bonds is 5. The number of carbonyl (C=O) groups is 1. The van der Waals surface area contributed by atoms with E-state index in [1.165, 1.54) is 5.56 Å². The second kappa shape index (κ2) is 8.87. The van der Waals surface area contributed by atoms with Crippen LogP contribution in [0.1, 0.15) is 32.8 Å². The van der Waals surface area contributed by atoms with E-state index in [0.29, 0.717) is 13.0 Å². The Hall–Kier alpha value is -2.20. The Morgan fingerprint density at radius 3 is 2.43 bits per heavy atom. The highest BCUT2D eigenvalue weighted by atomic mass is 35.5. The van der Waals surface area contributed by atoms with Crippen LogP contribution in [0, 0.1) is 0 Å². The molecule has 1 aliphatic heterocycles. The average molecular weight is 400 g/mol. The summed E-state index contributed by atoms with van der Waals surface area (Å²) in [5.41, 5.74) is 3.59. The fourth-order valence-electron chi connectivity index (χ4n) is 3.64. The summed E-state index contributed by atoms with van der Waals surface area (Å²) in [5, 5.41) is 4.21. The number of halogens is 1. The third kappa shape index (κ3) is 5.20. The summed E-state index contributed by atoms with van der Waals surface area (Å²) >= 11 is 6.09. The molecule has 0 unspecified atom stereocenters. The summed E-state index contributed by atoms with van der Waals surface area (Å²) in [4.78, 5) is 16.9. The monoisotopic (exact) mass is 399 g/mol. The van der Waals surface area contributed by atoms with Gasteiger partial charge in [0.25, 0.3) is 0 Å². The highest BCUT2D eigenvalue weighted by molar-refractivity contribution is 6.30. The lowest BCUT2D eigenvalue weighted by Gasteiger charge is -2.36. The van der Waals surface area contributed by atoms with Gasteiger partial charge in [-0.05, 0) is 35.2 Å². The predicted molar refractivity (Wildman–Crippen MR) is 118 cm³/mol. The summed E-state index contributed by atoms with van der Waals surface area (Å²) in [6.45, 7) is 10.5. The highest BCUT2D eigenvalue weighted by Crippen LogP contribution is 2.29. The van der Waals surface area contributed by atoms with Crippen LogP contribution in [-0.4, -0.2) is 43.5 Å². The van der Waals surface area contributed by atoms with Gasteiger partial charge in [-0.25, -0.2) is 0 Å². The van der Waals surface area contributed by atoms with Gasteiger partial charge in [0.2, 0.25) is 5.91 Å². The van der Waals surface area contributed by atoms with E-state index in [0.717, 1.165) is 42.6 Å². The van der Waals surface area contributed by atoms with Crippen LogP contribution in [0.2, 0.25) is 5.02 Å². The molecular weight excluding hydrogens is 370 g/mol. The Kier molecular flexibility index (Phi) is 6.50. The SMILES string of the molecule is CC(C)(C)c1ccccc1NCCC(=O)N1CCN(c2cccc(Cl)c2)CC1. The molecule has 1 fully saturated rings. The van der Waals surface area contributed by atoms with Gasteiger partial charge in [0.1, 0.15) is 0 Å². The van der Waals surface area contributed by atoms with Crippen LogP contribution in [0.4, 0.5) is 11.4 Å². The number of carbonyl (C=O) groups excluding carboxylic acids is 1. The van der Waals surface area contributed by atoms with Crippen molar-refractivity contribution >= 4 is 28.9 Å². The van der Waals surface area contributed by atoms with Crippen LogP contribution in [0.15, 0.2) is 48.5 Å². The van der Waals surface area contributed by atoms with Gasteiger partial charge in [-0.2, -0.15) is 0 Å². The zero-order valence-corrected chi connectivity index (χ0v) is 17.8. The van der Waals surface area contributed by atoms with E-state index in [2.05, 4.69) is 55.3 Å². The molecule has 28 heavy (non-hydrogen) atoms. The predicted octanol–water partition coefficient (Wildman–Crippen LogP) is 4.79. The van der Waals surface area contributed by atoms with E-state index in [-0.39, 0.29) is 11.3 Å². The first-order valence-corrected chi connectivity index (χ1v) is 10.3. The summed E-state index contributed by atoms with van der Waals surface area (Å²) in [7, 11) is 0. The molecule has 1 heterocycles. The van der Waals surface area contributed by atoms with Crippen molar-refractivity contribution in [2.24, 2.45) is 0 Å². The molecule has 1 amide bonds. The molecule has 150 valence electrons. The molecule has 0 saturated carbocycles. The number of benzene rings is 2. The van der Waals surface area contributed by atoms with Crippen molar-refractivity contribution in [2.75, 3.05) is 42.9 Å². The van der Waals surface area contributed by atoms with Crippen LogP contribution in [-0.2, 0) is 10.2 Å². The fourth-order valence-corrected chi connectivity index (χ4v) is 3.82. The molecule has 1 aliphatic rings. The molecular formula is C23H30ClN3O. The first kappa shape index (κ1) is 20.5. The van der Waals surface area contributed by atoms with Gasteiger partial charge in [0.05, 0.1) is 0 Å². The Morgan fingerprint density at radius 2 is 1.75 bits per heavy atom. The van der Waals surface area contributed by atoms with Crippen molar-refractivity contribution in [3.05, 3.63) is 59.1 Å². The molecule has 2 aromatic carbocycles. The topological polar surface area (TPSA) is 35.6 Å². The number of nitrogens with zero attached hydrogens (tertiary/aromatic N) is 2. The lowest BCUT2D eigenvalue weighted by atomic mass is 9.86. The van der Waals surface area contributed by atoms with E-state index >= 15 is 0 Å². The highest BCUT2D eigenvalue weighted by Gasteiger charge is 2.21. The third-order valence-corrected chi connectivity index (χ3v) is 5.43. The minimum absolute atomic E-state index is 0.0737. The molecule has 0 bridgehead atoms. The molecule has 1 saturated heterocycles. The Balaban J connectivity index is 1.48. The first-order chi connectivity index (χ1) is 13.3. The number of piperazine rings is 1. The summed E-state index contributed by atoms with van der Waals surface area (Å²) in [5.74, 6) is 0.214. The average Bonchev–Trinajstić information content (AvgIpc) is 2.67. The molecule has 0 aliphatic carbocycles. The normalized spacial score (nSPS) is 14.9. The Bertz CT molecular complexity index is 807. The molecule has 0 aromatic heterocycles. The molecule has 2 aromatic rings. The van der Waals surface area contributed by atoms with Crippen LogP contribution < -0.4 is 10.2 Å². The van der Waals surface area contributed by atoms with Gasteiger partial charge < -0.3 is 15.1 Å². The largest absolute Gasteiger partial charge is 0.384 e. The first-order valence-electron chi connectivity index (χ1n) is 9.96. The number of hydrogen-bond acceptors (Lipinski definition) is 3. The summed E-state index contributed by atoms with van der Waals surface area (Å²) in [6.07, 6.45) is 0.510. The van der Waals surface area contributed by atoms with E-state index in [4.69, 9.17) is 11.6 Å². The van der Waals surface area contributed by atoms with Crippen LogP contribution in [0.3, 0.4) is 0 Å². The van der Waals surface area contributed by atoms with Crippen molar-refractivity contribution in [3.8, 4) is 0 Å². The summed E-state index contributed by atoms with van der Waals surface area (Å²) < 4.78 is 0. The number of hydrogen-bond donors (Lipinski definition) is 1. The fraction of sp³-hybridized carbons (Fsp3) is 0.435. The van der Waals surface area contributed by atoms with Crippen molar-refractivity contribution < 1.29 is 4.79 Å². The molecule has 4 nitrogen and oxygen atoms in total. The zero-order chi connectivity index (χ0) is 20.1. The number of anilines is 2. The maximum Gasteiger partial charge on any atom is 0.224 e. The van der Waals surface area contributed by atoms with Crippen molar-refractivity contribution in [2.45, 2.75) is 32.6 Å². The van der Waals surface area contributed by atoms with Gasteiger partial charge in [0.15, 0.2) is 0 Å². The number of para-hydroxylation sites is 1. The number of nitrogens with one attached hydrogen (secondary N) is 1. The molecule has 1 N–H and O–H groups in total. The molecule has 5 heteroatoms. The number of amides is 1. The minimum Gasteiger partial charge on any atom is -0.384 e. The van der Waals surface area contributed by atoms with E-state index in [9.17, 15) is 4.79 Å². The second-order valence-corrected chi connectivity index (χ2v) is 8.76. The van der Waals surface area contributed by atoms with Crippen molar-refractivity contribution in [3.63, 3.8) is 0 Å². The van der Waals surface area contributed by atoms with Crippen LogP contribution in [0.5, 0.6) is 0 Å². The third-order valence-electron chi connectivity index (χ3n) is 5.20. The smallest absolute Gasteiger partial charge is 0.224 e.